The van der Waals surface area contributed by atoms with Crippen molar-refractivity contribution in [3.8, 4) is 0 Å². The quantitative estimate of drug-likeness (QED) is 0.821. The van der Waals surface area contributed by atoms with E-state index in [0.717, 1.165) is 34.9 Å². The number of aryl methyl sites for hydroxylation is 1. The summed E-state index contributed by atoms with van der Waals surface area (Å²) in [6.45, 7) is 4.30. The first-order valence-electron chi connectivity index (χ1n) is 6.51. The van der Waals surface area contributed by atoms with Crippen LogP contribution in [0, 0.1) is 18.8 Å². The summed E-state index contributed by atoms with van der Waals surface area (Å²) in [6.07, 6.45) is 4.46. The molecule has 2 heteroatoms. The molecule has 1 N–H and O–H groups in total. The molecule has 1 aliphatic carbocycles. The standard InChI is InChI=1S/C15H21ClO/c1-10-4-3-5-12(6-10)15(17)13-7-11(2)8-14(16)9-13/h7-10,12,15,17H,3-6H2,1-2H3. The fraction of sp³-hybridized carbons (Fsp3) is 0.600. The maximum absolute atomic E-state index is 10.5. The van der Waals surface area contributed by atoms with Crippen LogP contribution in [0.15, 0.2) is 18.2 Å². The predicted molar refractivity (Wildman–Crippen MR) is 72.3 cm³/mol. The third-order valence-electron chi connectivity index (χ3n) is 3.83. The first-order chi connectivity index (χ1) is 8.06. The number of hydrogen-bond donors (Lipinski definition) is 1. The van der Waals surface area contributed by atoms with Gasteiger partial charge in [0.05, 0.1) is 6.10 Å². The molecule has 0 amide bonds. The smallest absolute Gasteiger partial charge is 0.0818 e. The molecule has 3 atom stereocenters. The first kappa shape index (κ1) is 12.9. The molecule has 1 aromatic rings. The highest BCUT2D eigenvalue weighted by Gasteiger charge is 2.26. The summed E-state index contributed by atoms with van der Waals surface area (Å²) in [5, 5.41) is 11.2. The molecule has 0 saturated heterocycles. The molecule has 1 nitrogen and oxygen atoms in total. The molecule has 0 heterocycles. The van der Waals surface area contributed by atoms with Crippen molar-refractivity contribution in [1.29, 1.82) is 0 Å². The van der Waals surface area contributed by atoms with Gasteiger partial charge in [-0.2, -0.15) is 0 Å². The molecule has 94 valence electrons. The number of aliphatic hydroxyl groups excluding tert-OH is 1. The molecule has 0 aliphatic heterocycles. The van der Waals surface area contributed by atoms with Gasteiger partial charge in [0, 0.05) is 5.02 Å². The van der Waals surface area contributed by atoms with E-state index in [2.05, 4.69) is 13.0 Å². The van der Waals surface area contributed by atoms with Gasteiger partial charge in [-0.15, -0.1) is 0 Å². The van der Waals surface area contributed by atoms with Gasteiger partial charge in [-0.1, -0.05) is 37.4 Å². The summed E-state index contributed by atoms with van der Waals surface area (Å²) in [4.78, 5) is 0. The van der Waals surface area contributed by atoms with Crippen LogP contribution in [0.5, 0.6) is 0 Å². The second kappa shape index (κ2) is 5.41. The van der Waals surface area contributed by atoms with Gasteiger partial charge in [0.2, 0.25) is 0 Å². The van der Waals surface area contributed by atoms with Crippen LogP contribution >= 0.6 is 11.6 Å². The molecule has 1 aromatic carbocycles. The molecule has 1 fully saturated rings. The van der Waals surface area contributed by atoms with Gasteiger partial charge in [-0.25, -0.2) is 0 Å². The highest BCUT2D eigenvalue weighted by Crippen LogP contribution is 2.37. The maximum Gasteiger partial charge on any atom is 0.0818 e. The van der Waals surface area contributed by atoms with Crippen LogP contribution in [0.4, 0.5) is 0 Å². The molecule has 1 saturated carbocycles. The zero-order chi connectivity index (χ0) is 12.4. The summed E-state index contributed by atoms with van der Waals surface area (Å²) in [7, 11) is 0. The maximum atomic E-state index is 10.5. The van der Waals surface area contributed by atoms with E-state index in [1.165, 1.54) is 12.8 Å². The van der Waals surface area contributed by atoms with Gasteiger partial charge in [0.25, 0.3) is 0 Å². The molecule has 0 bridgehead atoms. The van der Waals surface area contributed by atoms with Crippen molar-refractivity contribution in [3.63, 3.8) is 0 Å². The Balaban J connectivity index is 2.15. The molecule has 2 rings (SSSR count). The van der Waals surface area contributed by atoms with Crippen LogP contribution < -0.4 is 0 Å². The topological polar surface area (TPSA) is 20.2 Å². The summed E-state index contributed by atoms with van der Waals surface area (Å²) < 4.78 is 0. The number of aliphatic hydroxyl groups is 1. The second-order valence-corrected chi connectivity index (χ2v) is 5.98. The van der Waals surface area contributed by atoms with Crippen molar-refractivity contribution in [1.82, 2.24) is 0 Å². The van der Waals surface area contributed by atoms with Crippen LogP contribution in [-0.2, 0) is 0 Å². The minimum Gasteiger partial charge on any atom is -0.388 e. The summed E-state index contributed by atoms with van der Waals surface area (Å²) >= 11 is 6.05. The third-order valence-corrected chi connectivity index (χ3v) is 4.05. The average Bonchev–Trinajstić information content (AvgIpc) is 2.26. The largest absolute Gasteiger partial charge is 0.388 e. The third kappa shape index (κ3) is 3.23. The zero-order valence-electron chi connectivity index (χ0n) is 10.6. The molecule has 0 aromatic heterocycles. The Labute approximate surface area is 109 Å². The minimum absolute atomic E-state index is 0.352. The van der Waals surface area contributed by atoms with Crippen molar-refractivity contribution in [2.75, 3.05) is 0 Å². The lowest BCUT2D eigenvalue weighted by molar-refractivity contribution is 0.0714. The van der Waals surface area contributed by atoms with E-state index in [9.17, 15) is 5.11 Å². The van der Waals surface area contributed by atoms with E-state index < -0.39 is 0 Å². The average molecular weight is 253 g/mol. The Morgan fingerprint density at radius 2 is 2.06 bits per heavy atom. The molecule has 17 heavy (non-hydrogen) atoms. The number of hydrogen-bond acceptors (Lipinski definition) is 1. The fourth-order valence-corrected chi connectivity index (χ4v) is 3.27. The van der Waals surface area contributed by atoms with Crippen LogP contribution in [0.3, 0.4) is 0 Å². The number of benzene rings is 1. The second-order valence-electron chi connectivity index (χ2n) is 5.54. The molecule has 3 unspecified atom stereocenters. The van der Waals surface area contributed by atoms with E-state index in [-0.39, 0.29) is 6.10 Å². The minimum atomic E-state index is -0.352. The van der Waals surface area contributed by atoms with E-state index in [1.54, 1.807) is 0 Å². The van der Waals surface area contributed by atoms with Crippen molar-refractivity contribution in [2.24, 2.45) is 11.8 Å². The lowest BCUT2D eigenvalue weighted by Gasteiger charge is -2.30. The van der Waals surface area contributed by atoms with Crippen molar-refractivity contribution >= 4 is 11.6 Å². The lowest BCUT2D eigenvalue weighted by atomic mass is 9.78. The van der Waals surface area contributed by atoms with Crippen LogP contribution in [0.1, 0.15) is 49.8 Å². The van der Waals surface area contributed by atoms with Gasteiger partial charge in [0.1, 0.15) is 0 Å². The van der Waals surface area contributed by atoms with Gasteiger partial charge >= 0.3 is 0 Å². The van der Waals surface area contributed by atoms with Gasteiger partial charge in [-0.05, 0) is 54.9 Å². The van der Waals surface area contributed by atoms with E-state index in [1.807, 2.05) is 19.1 Å². The van der Waals surface area contributed by atoms with Crippen LogP contribution in [0.2, 0.25) is 5.02 Å². The van der Waals surface area contributed by atoms with Gasteiger partial charge in [0.15, 0.2) is 0 Å². The first-order valence-corrected chi connectivity index (χ1v) is 6.89. The summed E-state index contributed by atoms with van der Waals surface area (Å²) in [5.41, 5.74) is 2.10. The highest BCUT2D eigenvalue weighted by atomic mass is 35.5. The number of rotatable bonds is 2. The van der Waals surface area contributed by atoms with E-state index in [0.29, 0.717) is 5.92 Å². The van der Waals surface area contributed by atoms with Gasteiger partial charge in [-0.3, -0.25) is 0 Å². The SMILES string of the molecule is Cc1cc(Cl)cc(C(O)C2CCCC(C)C2)c1. The van der Waals surface area contributed by atoms with Crippen molar-refractivity contribution < 1.29 is 5.11 Å². The number of halogens is 1. The zero-order valence-corrected chi connectivity index (χ0v) is 11.4. The molecule has 1 aliphatic rings. The lowest BCUT2D eigenvalue weighted by Crippen LogP contribution is -2.20. The molecular weight excluding hydrogens is 232 g/mol. The molecular formula is C15H21ClO. The van der Waals surface area contributed by atoms with Gasteiger partial charge < -0.3 is 5.11 Å². The Morgan fingerprint density at radius 1 is 1.29 bits per heavy atom. The van der Waals surface area contributed by atoms with E-state index >= 15 is 0 Å². The Morgan fingerprint density at radius 3 is 2.71 bits per heavy atom. The highest BCUT2D eigenvalue weighted by molar-refractivity contribution is 6.30. The van der Waals surface area contributed by atoms with Crippen LogP contribution in [-0.4, -0.2) is 5.11 Å². The monoisotopic (exact) mass is 252 g/mol. The van der Waals surface area contributed by atoms with E-state index in [4.69, 9.17) is 11.6 Å². The predicted octanol–water partition coefficient (Wildman–Crippen LogP) is 4.51. The fourth-order valence-electron chi connectivity index (χ4n) is 2.98. The molecule has 0 spiro atoms. The Kier molecular flexibility index (Phi) is 4.11. The van der Waals surface area contributed by atoms with Crippen LogP contribution in [0.25, 0.3) is 0 Å². The Bertz CT molecular complexity index is 368. The summed E-state index contributed by atoms with van der Waals surface area (Å²) in [6, 6.07) is 5.88. The van der Waals surface area contributed by atoms with Crippen molar-refractivity contribution in [3.05, 3.63) is 34.3 Å². The Hall–Kier alpha value is -0.530. The normalized spacial score (nSPS) is 26.8. The summed E-state index contributed by atoms with van der Waals surface area (Å²) in [5.74, 6) is 1.14. The van der Waals surface area contributed by atoms with Crippen molar-refractivity contribution in [2.45, 2.75) is 45.6 Å². The molecule has 0 radical (unpaired) electrons.